The SMILES string of the molecule is CCCCCCCC(=O)N(Cc1ccc(Cl)cc1Cl)[C@@H]1CC(C(=O)NCCO)=C[C@H](Oc2c(I)cc(CO)cc2OC)[C@H]1O. The lowest BCUT2D eigenvalue weighted by molar-refractivity contribution is -0.139. The number of hydrogen-bond acceptors (Lipinski definition) is 7. The van der Waals surface area contributed by atoms with Crippen LogP contribution in [0.1, 0.15) is 63.0 Å². The molecular formula is C32H41Cl2IN2O7. The maximum Gasteiger partial charge on any atom is 0.247 e. The molecule has 0 unspecified atom stereocenters. The second-order valence-electron chi connectivity index (χ2n) is 10.7. The van der Waals surface area contributed by atoms with Crippen molar-refractivity contribution >= 4 is 57.6 Å². The minimum atomic E-state index is -1.22. The molecule has 2 aromatic carbocycles. The summed E-state index contributed by atoms with van der Waals surface area (Å²) >= 11 is 14.7. The maximum absolute atomic E-state index is 13.8. The number of methoxy groups -OCH3 is 1. The third-order valence-electron chi connectivity index (χ3n) is 7.51. The van der Waals surface area contributed by atoms with Crippen molar-refractivity contribution in [2.24, 2.45) is 0 Å². The van der Waals surface area contributed by atoms with Gasteiger partial charge in [0.1, 0.15) is 12.2 Å². The lowest BCUT2D eigenvalue weighted by Crippen LogP contribution is -2.54. The first-order chi connectivity index (χ1) is 21.1. The molecule has 0 saturated carbocycles. The Bertz CT molecular complexity index is 1310. The van der Waals surface area contributed by atoms with Crippen LogP contribution in [0.5, 0.6) is 11.5 Å². The van der Waals surface area contributed by atoms with Crippen molar-refractivity contribution in [1.82, 2.24) is 10.2 Å². The molecule has 4 N–H and O–H groups in total. The third kappa shape index (κ3) is 9.95. The van der Waals surface area contributed by atoms with Crippen LogP contribution >= 0.6 is 45.8 Å². The van der Waals surface area contributed by atoms with Gasteiger partial charge in [-0.05, 0) is 70.5 Å². The zero-order valence-electron chi connectivity index (χ0n) is 25.0. The Morgan fingerprint density at radius 1 is 1.11 bits per heavy atom. The van der Waals surface area contributed by atoms with Crippen LogP contribution in [0.4, 0.5) is 0 Å². The summed E-state index contributed by atoms with van der Waals surface area (Å²) < 4.78 is 12.5. The Kier molecular flexibility index (Phi) is 15.0. The molecule has 1 aliphatic carbocycles. The smallest absolute Gasteiger partial charge is 0.247 e. The molecule has 1 aliphatic rings. The van der Waals surface area contributed by atoms with Gasteiger partial charge in [-0.3, -0.25) is 9.59 Å². The van der Waals surface area contributed by atoms with Gasteiger partial charge in [-0.25, -0.2) is 0 Å². The van der Waals surface area contributed by atoms with E-state index in [4.69, 9.17) is 32.7 Å². The topological polar surface area (TPSA) is 129 Å². The highest BCUT2D eigenvalue weighted by molar-refractivity contribution is 14.1. The van der Waals surface area contributed by atoms with Crippen molar-refractivity contribution in [3.63, 3.8) is 0 Å². The predicted octanol–water partition coefficient (Wildman–Crippen LogP) is 5.40. The van der Waals surface area contributed by atoms with Crippen LogP contribution in [0.2, 0.25) is 10.0 Å². The van der Waals surface area contributed by atoms with Crippen molar-refractivity contribution in [2.75, 3.05) is 20.3 Å². The Labute approximate surface area is 282 Å². The molecule has 44 heavy (non-hydrogen) atoms. The summed E-state index contributed by atoms with van der Waals surface area (Å²) in [4.78, 5) is 28.6. The highest BCUT2D eigenvalue weighted by Gasteiger charge is 2.41. The molecule has 0 aliphatic heterocycles. The minimum Gasteiger partial charge on any atom is -0.493 e. The number of aliphatic hydroxyl groups excluding tert-OH is 3. The quantitative estimate of drug-likeness (QED) is 0.133. The number of carbonyl (C=O) groups is 2. The normalized spacial score (nSPS) is 18.0. The average Bonchev–Trinajstić information content (AvgIpc) is 3.01. The molecule has 0 bridgehead atoms. The highest BCUT2D eigenvalue weighted by Crippen LogP contribution is 2.37. The summed E-state index contributed by atoms with van der Waals surface area (Å²) in [5.74, 6) is 0.0731. The third-order valence-corrected chi connectivity index (χ3v) is 8.90. The number of aliphatic hydroxyl groups is 3. The number of hydrogen-bond donors (Lipinski definition) is 4. The zero-order valence-corrected chi connectivity index (χ0v) is 28.7. The van der Waals surface area contributed by atoms with Crippen LogP contribution in [-0.4, -0.2) is 70.5 Å². The summed E-state index contributed by atoms with van der Waals surface area (Å²) in [6.45, 7) is 1.83. The van der Waals surface area contributed by atoms with E-state index in [0.717, 1.165) is 25.7 Å². The fourth-order valence-corrected chi connectivity index (χ4v) is 6.40. The number of nitrogens with one attached hydrogen (secondary N) is 1. The summed E-state index contributed by atoms with van der Waals surface area (Å²) in [5, 5.41) is 34.2. The Hall–Kier alpha value is -2.09. The van der Waals surface area contributed by atoms with E-state index < -0.39 is 24.2 Å². The van der Waals surface area contributed by atoms with Gasteiger partial charge < -0.3 is 35.0 Å². The number of carbonyl (C=O) groups excluding carboxylic acids is 2. The summed E-state index contributed by atoms with van der Waals surface area (Å²) in [6.07, 6.45) is 4.43. The number of rotatable bonds is 16. The number of unbranched alkanes of at least 4 members (excludes halogenated alkanes) is 4. The molecule has 0 spiro atoms. The first kappa shape index (κ1) is 36.4. The van der Waals surface area contributed by atoms with E-state index in [1.807, 2.05) is 0 Å². The van der Waals surface area contributed by atoms with Gasteiger partial charge in [0, 0.05) is 41.5 Å². The van der Waals surface area contributed by atoms with E-state index in [9.17, 15) is 24.9 Å². The second kappa shape index (κ2) is 18.2. The molecule has 2 amide bonds. The van der Waals surface area contributed by atoms with E-state index >= 15 is 0 Å². The van der Waals surface area contributed by atoms with Crippen LogP contribution < -0.4 is 14.8 Å². The fourth-order valence-electron chi connectivity index (χ4n) is 5.14. The lowest BCUT2D eigenvalue weighted by atomic mass is 9.87. The Morgan fingerprint density at radius 2 is 1.86 bits per heavy atom. The Morgan fingerprint density at radius 3 is 2.52 bits per heavy atom. The van der Waals surface area contributed by atoms with Gasteiger partial charge >= 0.3 is 0 Å². The van der Waals surface area contributed by atoms with Crippen LogP contribution in [0, 0.1) is 3.57 Å². The van der Waals surface area contributed by atoms with Crippen LogP contribution in [0.3, 0.4) is 0 Å². The monoisotopic (exact) mass is 762 g/mol. The molecule has 0 heterocycles. The summed E-state index contributed by atoms with van der Waals surface area (Å²) in [7, 11) is 1.47. The second-order valence-corrected chi connectivity index (χ2v) is 12.7. The number of ether oxygens (including phenoxy) is 2. The van der Waals surface area contributed by atoms with Gasteiger partial charge in [-0.15, -0.1) is 0 Å². The van der Waals surface area contributed by atoms with E-state index in [-0.39, 0.29) is 45.1 Å². The number of amides is 2. The van der Waals surface area contributed by atoms with E-state index in [1.54, 1.807) is 41.3 Å². The van der Waals surface area contributed by atoms with Crippen LogP contribution in [0.15, 0.2) is 42.0 Å². The van der Waals surface area contributed by atoms with E-state index in [1.165, 1.54) is 7.11 Å². The minimum absolute atomic E-state index is 0.0457. The molecule has 0 saturated heterocycles. The molecule has 3 atom stereocenters. The summed E-state index contributed by atoms with van der Waals surface area (Å²) in [6, 6.07) is 7.58. The molecule has 9 nitrogen and oxygen atoms in total. The van der Waals surface area contributed by atoms with Gasteiger partial charge in [0.15, 0.2) is 11.5 Å². The molecular weight excluding hydrogens is 722 g/mol. The van der Waals surface area contributed by atoms with Crippen molar-refractivity contribution in [3.8, 4) is 11.5 Å². The van der Waals surface area contributed by atoms with Gasteiger partial charge in [0.2, 0.25) is 11.8 Å². The predicted molar refractivity (Wildman–Crippen MR) is 179 cm³/mol. The van der Waals surface area contributed by atoms with Crippen molar-refractivity contribution in [3.05, 3.63) is 66.7 Å². The number of halogens is 3. The number of benzene rings is 2. The fraction of sp³-hybridized carbons (Fsp3) is 0.500. The van der Waals surface area contributed by atoms with Crippen LogP contribution in [0.25, 0.3) is 0 Å². The van der Waals surface area contributed by atoms with Crippen LogP contribution in [-0.2, 0) is 22.7 Å². The first-order valence-corrected chi connectivity index (χ1v) is 16.6. The maximum atomic E-state index is 13.8. The van der Waals surface area contributed by atoms with Crippen molar-refractivity contribution in [2.45, 2.75) is 83.3 Å². The molecule has 2 aromatic rings. The first-order valence-electron chi connectivity index (χ1n) is 14.8. The highest BCUT2D eigenvalue weighted by atomic mass is 127. The molecule has 12 heteroatoms. The Balaban J connectivity index is 2.01. The molecule has 3 rings (SSSR count). The largest absolute Gasteiger partial charge is 0.493 e. The molecule has 0 aromatic heterocycles. The van der Waals surface area contributed by atoms with E-state index in [0.29, 0.717) is 48.2 Å². The molecule has 0 radical (unpaired) electrons. The average molecular weight is 763 g/mol. The molecule has 0 fully saturated rings. The zero-order chi connectivity index (χ0) is 32.2. The van der Waals surface area contributed by atoms with E-state index in [2.05, 4.69) is 34.8 Å². The van der Waals surface area contributed by atoms with Gasteiger partial charge in [0.05, 0.1) is 29.9 Å². The van der Waals surface area contributed by atoms with Gasteiger partial charge in [-0.1, -0.05) is 61.9 Å². The van der Waals surface area contributed by atoms with Crippen molar-refractivity contribution < 1.29 is 34.4 Å². The van der Waals surface area contributed by atoms with Gasteiger partial charge in [0.25, 0.3) is 0 Å². The van der Waals surface area contributed by atoms with Crippen molar-refractivity contribution in [1.29, 1.82) is 0 Å². The number of nitrogens with zero attached hydrogens (tertiary/aromatic N) is 1. The lowest BCUT2D eigenvalue weighted by Gasteiger charge is -2.41. The van der Waals surface area contributed by atoms with Gasteiger partial charge in [-0.2, -0.15) is 0 Å². The summed E-state index contributed by atoms with van der Waals surface area (Å²) in [5.41, 5.74) is 1.58. The molecule has 242 valence electrons. The standard InChI is InChI=1S/C32H41Cl2IN2O7/c1-3-4-5-6-7-8-29(40)37(18-21-9-10-23(33)17-24(21)34)26-15-22(32(42)36-11-12-38)16-27(30(26)41)44-31-25(35)13-20(19-39)14-28(31)43-2/h9-10,13-14,16-17,26-27,30,38-39,41H,3-8,11-12,15,18-19H2,1-2H3,(H,36,42)/t26-,27+,30+/m1/s1.